The van der Waals surface area contributed by atoms with Gasteiger partial charge in [-0.3, -0.25) is 9.52 Å². The highest BCUT2D eigenvalue weighted by Crippen LogP contribution is 2.45. The van der Waals surface area contributed by atoms with E-state index in [1.165, 1.54) is 12.1 Å². The summed E-state index contributed by atoms with van der Waals surface area (Å²) < 4.78 is 33.6. The van der Waals surface area contributed by atoms with Crippen molar-refractivity contribution in [3.8, 4) is 11.4 Å². The zero-order valence-corrected chi connectivity index (χ0v) is 19.2. The fourth-order valence-corrected chi connectivity index (χ4v) is 4.33. The SMILES string of the molecule is CC1(C(=O)Nc2ccc(NS(=O)(=O)c3cccc(-c4noc(CCCCN)n4)c3)cc2)CC1. The molecule has 0 atom stereocenters. The maximum atomic E-state index is 12.9. The maximum Gasteiger partial charge on any atom is 0.261 e. The Hall–Kier alpha value is -3.24. The van der Waals surface area contributed by atoms with Crippen molar-refractivity contribution in [2.24, 2.45) is 11.1 Å². The van der Waals surface area contributed by atoms with Crippen molar-refractivity contribution in [3.63, 3.8) is 0 Å². The standard InChI is InChI=1S/C23H27N5O4S/c1-23(12-13-23)22(29)25-17-8-10-18(11-9-17)28-33(30,31)19-6-4-5-16(15-19)21-26-20(32-27-21)7-2-3-14-24/h4-6,8-11,15,28H,2-3,7,12-14,24H2,1H3,(H,25,29). The molecule has 1 fully saturated rings. The van der Waals surface area contributed by atoms with E-state index in [1.807, 2.05) is 6.92 Å². The first-order valence-corrected chi connectivity index (χ1v) is 12.3. The number of rotatable bonds is 10. The maximum absolute atomic E-state index is 12.9. The molecule has 9 nitrogen and oxygen atoms in total. The highest BCUT2D eigenvalue weighted by Gasteiger charge is 2.44. The molecule has 1 aliphatic carbocycles. The van der Waals surface area contributed by atoms with Crippen LogP contribution in [0.25, 0.3) is 11.4 Å². The lowest BCUT2D eigenvalue weighted by Crippen LogP contribution is -2.21. The van der Waals surface area contributed by atoms with Gasteiger partial charge >= 0.3 is 0 Å². The van der Waals surface area contributed by atoms with Crippen molar-refractivity contribution in [2.75, 3.05) is 16.6 Å². The molecule has 3 aromatic rings. The summed E-state index contributed by atoms with van der Waals surface area (Å²) in [5.74, 6) is 0.809. The van der Waals surface area contributed by atoms with E-state index < -0.39 is 10.0 Å². The van der Waals surface area contributed by atoms with Gasteiger partial charge in [0.25, 0.3) is 10.0 Å². The minimum atomic E-state index is -3.84. The number of hydrogen-bond donors (Lipinski definition) is 3. The van der Waals surface area contributed by atoms with Gasteiger partial charge in [0, 0.05) is 28.8 Å². The van der Waals surface area contributed by atoms with E-state index in [9.17, 15) is 13.2 Å². The number of unbranched alkanes of at least 4 members (excludes halogenated alkanes) is 1. The van der Waals surface area contributed by atoms with Crippen LogP contribution in [0, 0.1) is 5.41 Å². The van der Waals surface area contributed by atoms with Gasteiger partial charge in [0.2, 0.25) is 17.6 Å². The van der Waals surface area contributed by atoms with Crippen molar-refractivity contribution in [1.82, 2.24) is 10.1 Å². The topological polar surface area (TPSA) is 140 Å². The van der Waals surface area contributed by atoms with Gasteiger partial charge in [0.15, 0.2) is 0 Å². The second-order valence-corrected chi connectivity index (χ2v) is 10.2. The summed E-state index contributed by atoms with van der Waals surface area (Å²) in [5, 5.41) is 6.82. The lowest BCUT2D eigenvalue weighted by Gasteiger charge is -2.12. The van der Waals surface area contributed by atoms with Gasteiger partial charge < -0.3 is 15.6 Å². The number of amides is 1. The molecule has 1 saturated carbocycles. The molecule has 10 heteroatoms. The minimum Gasteiger partial charge on any atom is -0.339 e. The van der Waals surface area contributed by atoms with Gasteiger partial charge in [-0.05, 0) is 68.6 Å². The summed E-state index contributed by atoms with van der Waals surface area (Å²) in [6.07, 6.45) is 4.10. The van der Waals surface area contributed by atoms with Gasteiger partial charge in [-0.2, -0.15) is 4.98 Å². The fourth-order valence-electron chi connectivity index (χ4n) is 3.23. The lowest BCUT2D eigenvalue weighted by molar-refractivity contribution is -0.120. The zero-order valence-electron chi connectivity index (χ0n) is 18.4. The molecular weight excluding hydrogens is 442 g/mol. The van der Waals surface area contributed by atoms with E-state index >= 15 is 0 Å². The Kier molecular flexibility index (Phi) is 6.48. The number of carbonyl (C=O) groups is 1. The predicted molar refractivity (Wildman–Crippen MR) is 125 cm³/mol. The number of anilines is 2. The summed E-state index contributed by atoms with van der Waals surface area (Å²) >= 11 is 0. The Morgan fingerprint density at radius 1 is 1.12 bits per heavy atom. The van der Waals surface area contributed by atoms with E-state index in [2.05, 4.69) is 20.2 Å². The summed E-state index contributed by atoms with van der Waals surface area (Å²) in [6.45, 7) is 2.53. The summed E-state index contributed by atoms with van der Waals surface area (Å²) in [6, 6.07) is 12.9. The normalized spacial score (nSPS) is 14.6. The number of nitrogens with two attached hydrogens (primary N) is 1. The quantitative estimate of drug-likeness (QED) is 0.386. The Morgan fingerprint density at radius 3 is 2.55 bits per heavy atom. The number of nitrogens with one attached hydrogen (secondary N) is 2. The zero-order chi connectivity index (χ0) is 23.5. The van der Waals surface area contributed by atoms with Crippen LogP contribution in [0.3, 0.4) is 0 Å². The highest BCUT2D eigenvalue weighted by atomic mass is 32.2. The monoisotopic (exact) mass is 469 g/mol. The Bertz CT molecular complexity index is 1230. The van der Waals surface area contributed by atoms with Crippen molar-refractivity contribution >= 4 is 27.3 Å². The number of hydrogen-bond acceptors (Lipinski definition) is 7. The summed E-state index contributed by atoms with van der Waals surface area (Å²) in [7, 11) is -3.84. The van der Waals surface area contributed by atoms with Crippen LogP contribution in [0.1, 0.15) is 38.5 Å². The van der Waals surface area contributed by atoms with E-state index in [0.29, 0.717) is 41.6 Å². The van der Waals surface area contributed by atoms with Crippen LogP contribution >= 0.6 is 0 Å². The van der Waals surface area contributed by atoms with Crippen LogP contribution in [0.5, 0.6) is 0 Å². The molecule has 0 spiro atoms. The first-order chi connectivity index (χ1) is 15.8. The molecule has 2 aromatic carbocycles. The molecule has 33 heavy (non-hydrogen) atoms. The Balaban J connectivity index is 1.44. The molecular formula is C23H27N5O4S. The van der Waals surface area contributed by atoms with Gasteiger partial charge in [-0.25, -0.2) is 8.42 Å². The van der Waals surface area contributed by atoms with Crippen LogP contribution in [-0.2, 0) is 21.2 Å². The van der Waals surface area contributed by atoms with Crippen LogP contribution in [-0.4, -0.2) is 31.0 Å². The fraction of sp³-hybridized carbons (Fsp3) is 0.348. The second kappa shape index (κ2) is 9.32. The Morgan fingerprint density at radius 2 is 1.85 bits per heavy atom. The smallest absolute Gasteiger partial charge is 0.261 e. The molecule has 1 heterocycles. The number of nitrogens with zero attached hydrogens (tertiary/aromatic N) is 2. The van der Waals surface area contributed by atoms with Crippen LogP contribution < -0.4 is 15.8 Å². The third-order valence-corrected chi connectivity index (χ3v) is 7.04. The van der Waals surface area contributed by atoms with Gasteiger partial charge in [-0.1, -0.05) is 24.2 Å². The van der Waals surface area contributed by atoms with Gasteiger partial charge in [0.1, 0.15) is 0 Å². The number of aromatic nitrogens is 2. The molecule has 174 valence electrons. The van der Waals surface area contributed by atoms with Crippen molar-refractivity contribution in [1.29, 1.82) is 0 Å². The third-order valence-electron chi connectivity index (χ3n) is 5.66. The molecule has 4 N–H and O–H groups in total. The summed E-state index contributed by atoms with van der Waals surface area (Å²) in [4.78, 5) is 16.6. The molecule has 0 saturated heterocycles. The van der Waals surface area contributed by atoms with Crippen LogP contribution in [0.2, 0.25) is 0 Å². The molecule has 0 bridgehead atoms. The first-order valence-electron chi connectivity index (χ1n) is 10.9. The van der Waals surface area contributed by atoms with Crippen molar-refractivity contribution < 1.29 is 17.7 Å². The van der Waals surface area contributed by atoms with E-state index in [1.54, 1.807) is 36.4 Å². The number of carbonyl (C=O) groups excluding carboxylic acids is 1. The first kappa shape index (κ1) is 22.9. The average molecular weight is 470 g/mol. The van der Waals surface area contributed by atoms with E-state index in [0.717, 1.165) is 25.7 Å². The van der Waals surface area contributed by atoms with E-state index in [4.69, 9.17) is 10.3 Å². The van der Waals surface area contributed by atoms with Crippen LogP contribution in [0.4, 0.5) is 11.4 Å². The number of sulfonamides is 1. The van der Waals surface area contributed by atoms with Crippen molar-refractivity contribution in [2.45, 2.75) is 43.9 Å². The molecule has 4 rings (SSSR count). The molecule has 1 aliphatic rings. The average Bonchev–Trinajstić information content (AvgIpc) is 3.38. The molecule has 0 unspecified atom stereocenters. The molecule has 0 radical (unpaired) electrons. The lowest BCUT2D eigenvalue weighted by atomic mass is 10.1. The van der Waals surface area contributed by atoms with Gasteiger partial charge in [-0.15, -0.1) is 0 Å². The van der Waals surface area contributed by atoms with Crippen LogP contribution in [0.15, 0.2) is 57.9 Å². The number of benzene rings is 2. The molecule has 1 aromatic heterocycles. The predicted octanol–water partition coefficient (Wildman–Crippen LogP) is 3.56. The highest BCUT2D eigenvalue weighted by molar-refractivity contribution is 7.92. The third kappa shape index (κ3) is 5.58. The minimum absolute atomic E-state index is 0.0170. The van der Waals surface area contributed by atoms with Crippen molar-refractivity contribution in [3.05, 3.63) is 54.4 Å². The summed E-state index contributed by atoms with van der Waals surface area (Å²) in [5.41, 5.74) is 6.77. The number of aryl methyl sites for hydroxylation is 1. The molecule has 1 amide bonds. The largest absolute Gasteiger partial charge is 0.339 e. The van der Waals surface area contributed by atoms with Gasteiger partial charge in [0.05, 0.1) is 4.90 Å². The second-order valence-electron chi connectivity index (χ2n) is 8.48. The van der Waals surface area contributed by atoms with E-state index in [-0.39, 0.29) is 16.2 Å². The Labute approximate surface area is 192 Å². The molecule has 0 aliphatic heterocycles.